The van der Waals surface area contributed by atoms with Gasteiger partial charge in [0.2, 0.25) is 0 Å². The molecule has 2 fully saturated rings. The summed E-state index contributed by atoms with van der Waals surface area (Å²) in [5.74, 6) is 1.03. The van der Waals surface area contributed by atoms with Crippen LogP contribution in [0.3, 0.4) is 0 Å². The Balaban J connectivity index is 0.000000861. The van der Waals surface area contributed by atoms with Crippen molar-refractivity contribution in [3.63, 3.8) is 0 Å². The van der Waals surface area contributed by atoms with Gasteiger partial charge in [0.1, 0.15) is 6.17 Å². The summed E-state index contributed by atoms with van der Waals surface area (Å²) < 4.78 is 13.7. The number of nitrogens with zero attached hydrogens (tertiary/aromatic N) is 2. The smallest absolute Gasteiger partial charge is 0.115 e. The highest BCUT2D eigenvalue weighted by Crippen LogP contribution is 2.24. The number of hydrogen-bond donors (Lipinski definition) is 0. The zero-order valence-electron chi connectivity index (χ0n) is 13.5. The fourth-order valence-corrected chi connectivity index (χ4v) is 3.10. The third kappa shape index (κ3) is 5.03. The molecule has 0 radical (unpaired) electrons. The van der Waals surface area contributed by atoms with Crippen molar-refractivity contribution >= 4 is 0 Å². The molecule has 3 atom stereocenters. The molecule has 0 aromatic carbocycles. The number of rotatable bonds is 3. The maximum absolute atomic E-state index is 13.7. The predicted molar refractivity (Wildman–Crippen MR) is 81.3 cm³/mol. The molecule has 0 saturated carbocycles. The molecule has 2 saturated heterocycles. The van der Waals surface area contributed by atoms with Gasteiger partial charge in [-0.15, -0.1) is 0 Å². The standard InChI is InChI=1S/C14H27FN2.C2H6/c1-11(2)17-7-5-13(9-17)8-16-6-4-12(3)14(15)10-16;1-2/h11-14H,4-10H2,1-3H3;1-2H3/t12-,13?,14?;/m1./s1. The van der Waals surface area contributed by atoms with Crippen LogP contribution < -0.4 is 0 Å². The van der Waals surface area contributed by atoms with Crippen LogP contribution in [0.4, 0.5) is 4.39 Å². The molecule has 0 aromatic rings. The van der Waals surface area contributed by atoms with Crippen LogP contribution in [0.15, 0.2) is 0 Å². The van der Waals surface area contributed by atoms with Crippen molar-refractivity contribution in [1.29, 1.82) is 0 Å². The molecule has 2 nitrogen and oxygen atoms in total. The third-order valence-corrected chi connectivity index (χ3v) is 4.51. The summed E-state index contributed by atoms with van der Waals surface area (Å²) in [5.41, 5.74) is 0. The monoisotopic (exact) mass is 272 g/mol. The Labute approximate surface area is 119 Å². The van der Waals surface area contributed by atoms with Gasteiger partial charge in [0.15, 0.2) is 0 Å². The molecule has 0 N–H and O–H groups in total. The summed E-state index contributed by atoms with van der Waals surface area (Å²) in [7, 11) is 0. The molecule has 2 unspecified atom stereocenters. The lowest BCUT2D eigenvalue weighted by molar-refractivity contribution is 0.0818. The zero-order chi connectivity index (χ0) is 14.4. The van der Waals surface area contributed by atoms with Crippen LogP contribution in [0.2, 0.25) is 0 Å². The van der Waals surface area contributed by atoms with E-state index in [0.29, 0.717) is 12.6 Å². The molecule has 2 heterocycles. The molecule has 2 aliphatic heterocycles. The first kappa shape index (κ1) is 16.9. The summed E-state index contributed by atoms with van der Waals surface area (Å²) in [6.07, 6.45) is 1.72. The second kappa shape index (κ2) is 8.21. The van der Waals surface area contributed by atoms with Gasteiger partial charge < -0.3 is 9.80 Å². The molecule has 114 valence electrons. The van der Waals surface area contributed by atoms with Crippen LogP contribution in [-0.2, 0) is 0 Å². The van der Waals surface area contributed by atoms with Gasteiger partial charge in [-0.25, -0.2) is 4.39 Å². The highest BCUT2D eigenvalue weighted by molar-refractivity contribution is 4.83. The van der Waals surface area contributed by atoms with Crippen LogP contribution in [0.5, 0.6) is 0 Å². The van der Waals surface area contributed by atoms with E-state index in [1.807, 2.05) is 20.8 Å². The van der Waals surface area contributed by atoms with Crippen LogP contribution >= 0.6 is 0 Å². The van der Waals surface area contributed by atoms with Crippen molar-refractivity contribution in [2.24, 2.45) is 11.8 Å². The number of halogens is 1. The Bertz CT molecular complexity index is 245. The quantitative estimate of drug-likeness (QED) is 0.777. The molecule has 2 aliphatic rings. The van der Waals surface area contributed by atoms with Crippen molar-refractivity contribution in [3.8, 4) is 0 Å². The Hall–Kier alpha value is -0.150. The number of hydrogen-bond acceptors (Lipinski definition) is 2. The average molecular weight is 272 g/mol. The zero-order valence-corrected chi connectivity index (χ0v) is 13.5. The largest absolute Gasteiger partial charge is 0.301 e. The van der Waals surface area contributed by atoms with Crippen molar-refractivity contribution in [1.82, 2.24) is 9.80 Å². The highest BCUT2D eigenvalue weighted by atomic mass is 19.1. The topological polar surface area (TPSA) is 6.48 Å². The second-order valence-electron chi connectivity index (χ2n) is 6.28. The minimum Gasteiger partial charge on any atom is -0.301 e. The first-order chi connectivity index (χ1) is 9.06. The van der Waals surface area contributed by atoms with Gasteiger partial charge in [-0.2, -0.15) is 0 Å². The molecule has 2 rings (SSSR count). The SMILES string of the molecule is CC.CC(C)N1CCC(CN2CC[C@@H](C)C(F)C2)C1. The lowest BCUT2D eigenvalue weighted by Crippen LogP contribution is -2.43. The summed E-state index contributed by atoms with van der Waals surface area (Å²) in [4.78, 5) is 4.89. The van der Waals surface area contributed by atoms with E-state index in [2.05, 4.69) is 23.6 Å². The number of likely N-dealkylation sites (tertiary alicyclic amines) is 2. The summed E-state index contributed by atoms with van der Waals surface area (Å²) >= 11 is 0. The minimum atomic E-state index is -0.605. The van der Waals surface area contributed by atoms with Gasteiger partial charge >= 0.3 is 0 Å². The maximum atomic E-state index is 13.7. The fourth-order valence-electron chi connectivity index (χ4n) is 3.10. The van der Waals surface area contributed by atoms with Crippen molar-refractivity contribution in [2.45, 2.75) is 59.7 Å². The van der Waals surface area contributed by atoms with Crippen LogP contribution in [0, 0.1) is 11.8 Å². The minimum absolute atomic E-state index is 0.266. The fraction of sp³-hybridized carbons (Fsp3) is 1.00. The van der Waals surface area contributed by atoms with E-state index < -0.39 is 6.17 Å². The van der Waals surface area contributed by atoms with Crippen LogP contribution in [0.25, 0.3) is 0 Å². The maximum Gasteiger partial charge on any atom is 0.115 e. The molecule has 0 aromatic heterocycles. The van der Waals surface area contributed by atoms with Crippen LogP contribution in [0.1, 0.15) is 47.5 Å². The second-order valence-corrected chi connectivity index (χ2v) is 6.28. The molecule has 3 heteroatoms. The Kier molecular flexibility index (Phi) is 7.30. The summed E-state index contributed by atoms with van der Waals surface area (Å²) in [5, 5.41) is 0. The van der Waals surface area contributed by atoms with Gasteiger partial charge in [0.05, 0.1) is 0 Å². The molecular weight excluding hydrogens is 239 g/mol. The first-order valence-corrected chi connectivity index (χ1v) is 8.16. The Morgan fingerprint density at radius 2 is 1.79 bits per heavy atom. The Morgan fingerprint density at radius 3 is 2.32 bits per heavy atom. The first-order valence-electron chi connectivity index (χ1n) is 8.16. The van der Waals surface area contributed by atoms with Gasteiger partial charge in [0.25, 0.3) is 0 Å². The number of alkyl halides is 1. The van der Waals surface area contributed by atoms with E-state index in [9.17, 15) is 4.39 Å². The average Bonchev–Trinajstić information content (AvgIpc) is 2.85. The molecular formula is C16H33FN2. The van der Waals surface area contributed by atoms with Gasteiger partial charge in [-0.05, 0) is 51.6 Å². The Morgan fingerprint density at radius 1 is 1.11 bits per heavy atom. The highest BCUT2D eigenvalue weighted by Gasteiger charge is 2.30. The van der Waals surface area contributed by atoms with Crippen molar-refractivity contribution in [3.05, 3.63) is 0 Å². The van der Waals surface area contributed by atoms with Gasteiger partial charge in [-0.3, -0.25) is 0 Å². The van der Waals surface area contributed by atoms with E-state index in [4.69, 9.17) is 0 Å². The van der Waals surface area contributed by atoms with Gasteiger partial charge in [-0.1, -0.05) is 20.8 Å². The molecule has 0 bridgehead atoms. The van der Waals surface area contributed by atoms with Crippen molar-refractivity contribution in [2.75, 3.05) is 32.7 Å². The lowest BCUT2D eigenvalue weighted by atomic mass is 9.96. The molecule has 0 spiro atoms. The molecule has 0 amide bonds. The van der Waals surface area contributed by atoms with Crippen molar-refractivity contribution < 1.29 is 4.39 Å². The van der Waals surface area contributed by atoms with E-state index in [-0.39, 0.29) is 5.92 Å². The van der Waals surface area contributed by atoms with E-state index in [1.165, 1.54) is 19.5 Å². The summed E-state index contributed by atoms with van der Waals surface area (Å²) in [6.45, 7) is 15.9. The third-order valence-electron chi connectivity index (χ3n) is 4.51. The predicted octanol–water partition coefficient (Wildman–Crippen LogP) is 3.42. The number of piperidine rings is 1. The van der Waals surface area contributed by atoms with E-state index >= 15 is 0 Å². The molecule has 19 heavy (non-hydrogen) atoms. The normalized spacial score (nSPS) is 33.3. The van der Waals surface area contributed by atoms with Crippen LogP contribution in [-0.4, -0.2) is 54.7 Å². The summed E-state index contributed by atoms with van der Waals surface area (Å²) in [6, 6.07) is 0.662. The van der Waals surface area contributed by atoms with Gasteiger partial charge in [0, 0.05) is 25.7 Å². The molecule has 0 aliphatic carbocycles. The van der Waals surface area contributed by atoms with E-state index in [1.54, 1.807) is 0 Å². The lowest BCUT2D eigenvalue weighted by Gasteiger charge is -2.34. The van der Waals surface area contributed by atoms with E-state index in [0.717, 1.165) is 25.4 Å².